The maximum Gasteiger partial charge on any atom is 0.320 e. The molecule has 0 saturated carbocycles. The first-order chi connectivity index (χ1) is 20.6. The zero-order valence-electron chi connectivity index (χ0n) is 24.5. The summed E-state index contributed by atoms with van der Waals surface area (Å²) in [6, 6.07) is 23.5. The van der Waals surface area contributed by atoms with Crippen LogP contribution < -0.4 is 22.5 Å². The molecule has 3 aromatic carbocycles. The Labute approximate surface area is 261 Å². The lowest BCUT2D eigenvalue weighted by molar-refractivity contribution is -0.139. The van der Waals surface area contributed by atoms with E-state index in [-0.39, 0.29) is 12.3 Å². The molecule has 3 aromatic rings. The molecule has 0 aliphatic heterocycles. The Bertz CT molecular complexity index is 1190. The van der Waals surface area contributed by atoms with Crippen LogP contribution in [0.1, 0.15) is 54.1 Å². The number of aldehydes is 1. The van der Waals surface area contributed by atoms with E-state index in [1.807, 2.05) is 37.3 Å². The second kappa shape index (κ2) is 24.7. The van der Waals surface area contributed by atoms with Gasteiger partial charge < -0.3 is 32.7 Å². The Hall–Kier alpha value is -3.90. The summed E-state index contributed by atoms with van der Waals surface area (Å²) in [5, 5.41) is 19.4. The number of rotatable bonds is 12. The van der Waals surface area contributed by atoms with Gasteiger partial charge in [0.1, 0.15) is 12.3 Å². The fourth-order valence-electron chi connectivity index (χ4n) is 3.15. The number of nitrogens with two attached hydrogens (primary N) is 3. The van der Waals surface area contributed by atoms with E-state index in [9.17, 15) is 19.2 Å². The minimum atomic E-state index is -0.955. The van der Waals surface area contributed by atoms with E-state index in [1.54, 1.807) is 36.4 Å². The predicted molar refractivity (Wildman–Crippen MR) is 174 cm³/mol. The van der Waals surface area contributed by atoms with E-state index >= 15 is 0 Å². The number of anilines is 1. The largest absolute Gasteiger partial charge is 0.481 e. The third-order valence-electron chi connectivity index (χ3n) is 5.39. The van der Waals surface area contributed by atoms with Crippen molar-refractivity contribution in [3.05, 3.63) is 100 Å². The summed E-state index contributed by atoms with van der Waals surface area (Å²) in [6.07, 6.45) is 4.35. The van der Waals surface area contributed by atoms with Crippen LogP contribution in [0, 0.1) is 0 Å². The number of nitrogens with one attached hydrogen (secondary N) is 1. The average Bonchev–Trinajstić information content (AvgIpc) is 2.99. The van der Waals surface area contributed by atoms with Crippen molar-refractivity contribution in [2.45, 2.75) is 51.5 Å². The van der Waals surface area contributed by atoms with Gasteiger partial charge in [0.2, 0.25) is 5.91 Å². The second-order valence-electron chi connectivity index (χ2n) is 9.13. The fourth-order valence-corrected chi connectivity index (χ4v) is 3.41. The predicted octanol–water partition coefficient (Wildman–Crippen LogP) is 4.64. The van der Waals surface area contributed by atoms with E-state index < -0.39 is 18.0 Å². The SMILES string of the molecule is CCCC(=O)Nc1ccc(C=O)cc1.NCCCC(N)C(=O)O.NCCc1ccccc1.O=C(O)Cc1ccc(Br)cc1. The van der Waals surface area contributed by atoms with Gasteiger partial charge >= 0.3 is 11.9 Å². The smallest absolute Gasteiger partial charge is 0.320 e. The number of carbonyl (C=O) groups is 4. The zero-order valence-corrected chi connectivity index (χ0v) is 26.0. The van der Waals surface area contributed by atoms with Gasteiger partial charge in [-0.05, 0) is 86.3 Å². The number of halogens is 1. The highest BCUT2D eigenvalue weighted by molar-refractivity contribution is 9.10. The first-order valence-corrected chi connectivity index (χ1v) is 14.6. The summed E-state index contributed by atoms with van der Waals surface area (Å²) in [6.45, 7) is 3.19. The maximum atomic E-state index is 11.2. The molecule has 1 unspecified atom stereocenters. The van der Waals surface area contributed by atoms with Crippen LogP contribution in [-0.2, 0) is 27.2 Å². The third kappa shape index (κ3) is 21.5. The number of hydrogen-bond acceptors (Lipinski definition) is 7. The van der Waals surface area contributed by atoms with Crippen LogP contribution >= 0.6 is 15.9 Å². The summed E-state index contributed by atoms with van der Waals surface area (Å²) < 4.78 is 0.964. The number of carboxylic acids is 2. The van der Waals surface area contributed by atoms with Crippen molar-refractivity contribution in [2.75, 3.05) is 18.4 Å². The number of hydrogen-bond donors (Lipinski definition) is 6. The molecule has 234 valence electrons. The fraction of sp³-hybridized carbons (Fsp3) is 0.312. The molecule has 11 heteroatoms. The molecule has 0 radical (unpaired) electrons. The topological polar surface area (TPSA) is 199 Å². The molecule has 1 amide bonds. The van der Waals surface area contributed by atoms with E-state index in [1.165, 1.54) is 5.56 Å². The van der Waals surface area contributed by atoms with Gasteiger partial charge in [0.25, 0.3) is 0 Å². The standard InChI is InChI=1S/C11H13NO2.C8H7BrO2.C8H11N.C5H12N2O2/c1-2-3-11(14)12-10-6-4-9(8-13)5-7-10;9-7-3-1-6(2-4-7)5-8(10)11;9-7-6-8-4-2-1-3-5-8;6-3-1-2-4(7)5(8)9/h4-8H,2-3H2,1H3,(H,12,14);1-4H,5H2,(H,10,11);1-5H,6-7,9H2;4H,1-3,6-7H2,(H,8,9). The Kier molecular flexibility index (Phi) is 22.4. The van der Waals surface area contributed by atoms with Crippen LogP contribution in [0.2, 0.25) is 0 Å². The Morgan fingerprint density at radius 1 is 0.884 bits per heavy atom. The summed E-state index contributed by atoms with van der Waals surface area (Å²) in [5.74, 6) is -1.75. The van der Waals surface area contributed by atoms with E-state index in [0.717, 1.165) is 41.4 Å². The third-order valence-corrected chi connectivity index (χ3v) is 5.92. The van der Waals surface area contributed by atoms with Crippen molar-refractivity contribution in [3.8, 4) is 0 Å². The molecule has 0 aliphatic rings. The molecule has 9 N–H and O–H groups in total. The molecule has 0 aromatic heterocycles. The zero-order chi connectivity index (χ0) is 32.5. The maximum absolute atomic E-state index is 11.2. The lowest BCUT2D eigenvalue weighted by Crippen LogP contribution is -2.30. The number of carbonyl (C=O) groups excluding carboxylic acids is 2. The van der Waals surface area contributed by atoms with Gasteiger partial charge in [-0.15, -0.1) is 0 Å². The van der Waals surface area contributed by atoms with Crippen molar-refractivity contribution in [1.82, 2.24) is 0 Å². The lowest BCUT2D eigenvalue weighted by Gasteiger charge is -2.03. The highest BCUT2D eigenvalue weighted by Gasteiger charge is 2.08. The van der Waals surface area contributed by atoms with Crippen LogP contribution in [0.25, 0.3) is 0 Å². The van der Waals surface area contributed by atoms with E-state index in [2.05, 4.69) is 33.4 Å². The van der Waals surface area contributed by atoms with E-state index in [0.29, 0.717) is 31.4 Å². The second-order valence-corrected chi connectivity index (χ2v) is 10.1. The monoisotopic (exact) mass is 658 g/mol. The Balaban J connectivity index is 0.000000557. The van der Waals surface area contributed by atoms with Crippen LogP contribution in [0.3, 0.4) is 0 Å². The number of aliphatic carboxylic acids is 2. The van der Waals surface area contributed by atoms with Crippen LogP contribution in [0.5, 0.6) is 0 Å². The molecular formula is C32H43BrN4O6. The first-order valence-electron chi connectivity index (χ1n) is 13.8. The van der Waals surface area contributed by atoms with Crippen LogP contribution in [-0.4, -0.2) is 53.5 Å². The number of amides is 1. The Morgan fingerprint density at radius 3 is 1.95 bits per heavy atom. The quantitative estimate of drug-likeness (QED) is 0.150. The van der Waals surface area contributed by atoms with Gasteiger partial charge in [-0.1, -0.05) is 65.3 Å². The van der Waals surface area contributed by atoms with Gasteiger partial charge in [-0.2, -0.15) is 0 Å². The molecule has 10 nitrogen and oxygen atoms in total. The first kappa shape index (κ1) is 39.1. The molecule has 0 spiro atoms. The minimum Gasteiger partial charge on any atom is -0.481 e. The van der Waals surface area contributed by atoms with Crippen molar-refractivity contribution in [2.24, 2.45) is 17.2 Å². The number of carboxylic acid groups (broad SMARTS) is 2. The summed E-state index contributed by atoms with van der Waals surface area (Å²) >= 11 is 3.26. The average molecular weight is 660 g/mol. The van der Waals surface area contributed by atoms with E-state index in [4.69, 9.17) is 27.4 Å². The molecule has 3 rings (SSSR count). The molecule has 0 bridgehead atoms. The summed E-state index contributed by atoms with van der Waals surface area (Å²) in [7, 11) is 0. The highest BCUT2D eigenvalue weighted by Crippen LogP contribution is 2.11. The van der Waals surface area contributed by atoms with Crippen LogP contribution in [0.15, 0.2) is 83.3 Å². The molecular weight excluding hydrogens is 616 g/mol. The van der Waals surface area contributed by atoms with Crippen molar-refractivity contribution in [3.63, 3.8) is 0 Å². The van der Waals surface area contributed by atoms with Crippen molar-refractivity contribution in [1.29, 1.82) is 0 Å². The minimum absolute atomic E-state index is 0.00588. The highest BCUT2D eigenvalue weighted by atomic mass is 79.9. The lowest BCUT2D eigenvalue weighted by atomic mass is 10.2. The van der Waals surface area contributed by atoms with Gasteiger partial charge in [-0.3, -0.25) is 19.2 Å². The molecule has 1 atom stereocenters. The molecule has 0 aliphatic carbocycles. The van der Waals surface area contributed by atoms with Gasteiger partial charge in [0, 0.05) is 22.1 Å². The van der Waals surface area contributed by atoms with Crippen molar-refractivity contribution >= 4 is 45.7 Å². The van der Waals surface area contributed by atoms with Gasteiger partial charge in [-0.25, -0.2) is 0 Å². The summed E-state index contributed by atoms with van der Waals surface area (Å²) in [5.41, 5.74) is 19.1. The molecule has 0 fully saturated rings. The van der Waals surface area contributed by atoms with Gasteiger partial charge in [0.05, 0.1) is 6.42 Å². The molecule has 0 heterocycles. The van der Waals surface area contributed by atoms with Crippen molar-refractivity contribution < 1.29 is 29.4 Å². The van der Waals surface area contributed by atoms with Gasteiger partial charge in [0.15, 0.2) is 0 Å². The normalized spacial score (nSPS) is 10.3. The number of benzene rings is 3. The molecule has 0 saturated heterocycles. The summed E-state index contributed by atoms with van der Waals surface area (Å²) in [4.78, 5) is 41.8. The Morgan fingerprint density at radius 2 is 1.49 bits per heavy atom. The molecule has 43 heavy (non-hydrogen) atoms. The van der Waals surface area contributed by atoms with Crippen LogP contribution in [0.4, 0.5) is 5.69 Å².